The van der Waals surface area contributed by atoms with Crippen LogP contribution in [0.5, 0.6) is 0 Å². The predicted octanol–water partition coefficient (Wildman–Crippen LogP) is -1.02. The second-order valence-electron chi connectivity index (χ2n) is 1.23. The van der Waals surface area contributed by atoms with E-state index in [0.29, 0.717) is 0 Å². The first-order valence-corrected chi connectivity index (χ1v) is 4.96. The van der Waals surface area contributed by atoms with Crippen LogP contribution in [0, 0.1) is 0 Å². The fraction of sp³-hybridized carbons (Fsp3) is 0. The van der Waals surface area contributed by atoms with Gasteiger partial charge in [-0.15, -0.1) is 0 Å². The lowest BCUT2D eigenvalue weighted by molar-refractivity contribution is 0.157. The van der Waals surface area contributed by atoms with E-state index >= 15 is 0 Å². The molecule has 0 aromatic rings. The molecule has 0 spiro atoms. The average molecular weight is 208 g/mol. The van der Waals surface area contributed by atoms with E-state index in [2.05, 4.69) is 25.4 Å². The van der Waals surface area contributed by atoms with Gasteiger partial charge in [-0.3, -0.25) is 0 Å². The minimum atomic E-state index is -4.75. The molecule has 0 radical (unpaired) electrons. The first-order chi connectivity index (χ1) is 4.83. The molecule has 0 bridgehead atoms. The Kier molecular flexibility index (Phi) is 3.78. The van der Waals surface area contributed by atoms with Gasteiger partial charge in [-0.25, -0.2) is 30.2 Å². The van der Waals surface area contributed by atoms with Crippen molar-refractivity contribution in [3.63, 3.8) is 0 Å². The van der Waals surface area contributed by atoms with Crippen LogP contribution in [0.2, 0.25) is 0 Å². The normalized spacial score (nSPS) is 22.2. The van der Waals surface area contributed by atoms with Crippen LogP contribution in [0.15, 0.2) is 0 Å². The molecule has 0 amide bonds. The zero-order valence-electron chi connectivity index (χ0n) is 4.98. The maximum atomic E-state index is 10.3. The topological polar surface area (TPSA) is 154 Å². The predicted molar refractivity (Wildman–Crippen MR) is 31.3 cm³/mol. The minimum Gasteiger partial charge on any atom is -0.301 e. The van der Waals surface area contributed by atoms with Crippen LogP contribution in [0.3, 0.4) is 0 Å². The van der Waals surface area contributed by atoms with Gasteiger partial charge in [-0.2, -0.15) is 4.31 Å². The van der Waals surface area contributed by atoms with E-state index in [4.69, 9.17) is 9.79 Å². The van der Waals surface area contributed by atoms with Gasteiger partial charge >= 0.3 is 15.6 Å². The quantitative estimate of drug-likeness (QED) is 0.335. The Bertz CT molecular complexity index is 188. The summed E-state index contributed by atoms with van der Waals surface area (Å²) in [6.07, 6.45) is 0. The highest BCUT2D eigenvalue weighted by molar-refractivity contribution is 7.61. The van der Waals surface area contributed by atoms with Gasteiger partial charge in [0.1, 0.15) is 0 Å². The molecule has 0 saturated heterocycles. The summed E-state index contributed by atoms with van der Waals surface area (Å²) in [5.41, 5.74) is 0. The highest BCUT2D eigenvalue weighted by Crippen LogP contribution is 2.58. The highest BCUT2D eigenvalue weighted by atomic mass is 31.3. The smallest absolute Gasteiger partial charge is 0.301 e. The number of hydrogen-bond donors (Lipinski definition) is 4. The molecule has 0 aliphatic carbocycles. The third kappa shape index (κ3) is 4.59. The number of hydrogen-bond acceptors (Lipinski definition) is 7. The number of phosphoric acid groups is 2. The third-order valence-electron chi connectivity index (χ3n) is 0.473. The molecular formula is H6N2O7P2. The Morgan fingerprint density at radius 1 is 1.00 bits per heavy atom. The van der Waals surface area contributed by atoms with Gasteiger partial charge in [0.15, 0.2) is 0 Å². The van der Waals surface area contributed by atoms with Crippen molar-refractivity contribution in [3.8, 4) is 0 Å². The summed E-state index contributed by atoms with van der Waals surface area (Å²) in [5, 5.41) is 0. The summed E-state index contributed by atoms with van der Waals surface area (Å²) >= 11 is 0. The van der Waals surface area contributed by atoms with Gasteiger partial charge < -0.3 is 9.79 Å². The molecule has 6 N–H and O–H groups in total. The Morgan fingerprint density at radius 2 is 1.27 bits per heavy atom. The fourth-order valence-corrected chi connectivity index (χ4v) is 1.52. The van der Waals surface area contributed by atoms with Gasteiger partial charge in [0.05, 0.1) is 0 Å². The molecule has 2 unspecified atom stereocenters. The second kappa shape index (κ2) is 3.72. The fourth-order valence-electron chi connectivity index (χ4n) is 0.169. The summed E-state index contributed by atoms with van der Waals surface area (Å²) < 4.78 is 30.6. The molecule has 2 atom stereocenters. The van der Waals surface area contributed by atoms with Gasteiger partial charge in [0, 0.05) is 0 Å². The van der Waals surface area contributed by atoms with E-state index in [0.717, 1.165) is 0 Å². The van der Waals surface area contributed by atoms with Crippen LogP contribution in [0.4, 0.5) is 0 Å². The largest absolute Gasteiger partial charge is 0.497 e. The van der Waals surface area contributed by atoms with Gasteiger partial charge in [0.25, 0.3) is 0 Å². The van der Waals surface area contributed by atoms with E-state index in [9.17, 15) is 9.13 Å². The first kappa shape index (κ1) is 11.2. The highest BCUT2D eigenvalue weighted by Gasteiger charge is 2.34. The van der Waals surface area contributed by atoms with E-state index in [1.165, 1.54) is 0 Å². The van der Waals surface area contributed by atoms with E-state index in [1.54, 1.807) is 0 Å². The molecule has 0 aliphatic rings. The summed E-state index contributed by atoms with van der Waals surface area (Å²) in [7, 11) is -9.50. The number of rotatable bonds is 4. The van der Waals surface area contributed by atoms with Crippen LogP contribution in [0.1, 0.15) is 0 Å². The first-order valence-electron chi connectivity index (χ1n) is 1.97. The van der Waals surface area contributed by atoms with Crippen molar-refractivity contribution >= 4 is 15.6 Å². The molecule has 0 rings (SSSR count). The maximum absolute atomic E-state index is 10.3. The Hall–Kier alpha value is 0.180. The number of nitrogens with two attached hydrogens (primary N) is 2. The molecule has 0 fully saturated rings. The zero-order chi connectivity index (χ0) is 9.12. The van der Waals surface area contributed by atoms with Gasteiger partial charge in [-0.1, -0.05) is 0 Å². The minimum absolute atomic E-state index is 3.30. The van der Waals surface area contributed by atoms with Crippen molar-refractivity contribution in [2.24, 2.45) is 11.8 Å². The lowest BCUT2D eigenvalue weighted by Crippen LogP contribution is -2.03. The Balaban J connectivity index is 4.26. The van der Waals surface area contributed by atoms with E-state index < -0.39 is 15.6 Å². The molecule has 0 aliphatic heterocycles. The van der Waals surface area contributed by atoms with Crippen molar-refractivity contribution in [1.29, 1.82) is 0 Å². The van der Waals surface area contributed by atoms with E-state index in [1.807, 2.05) is 0 Å². The van der Waals surface area contributed by atoms with Crippen molar-refractivity contribution in [3.05, 3.63) is 0 Å². The summed E-state index contributed by atoms with van der Waals surface area (Å²) in [4.78, 5) is 16.6. The lowest BCUT2D eigenvalue weighted by atomic mass is 13.6. The second-order valence-corrected chi connectivity index (χ2v) is 4.18. The molecule has 0 aromatic carbocycles. The van der Waals surface area contributed by atoms with Crippen molar-refractivity contribution in [2.75, 3.05) is 0 Å². The monoisotopic (exact) mass is 208 g/mol. The molecule has 0 aromatic heterocycles. The Labute approximate surface area is 61.0 Å². The van der Waals surface area contributed by atoms with Crippen LogP contribution >= 0.6 is 15.6 Å². The van der Waals surface area contributed by atoms with Crippen LogP contribution in [0.25, 0.3) is 0 Å². The maximum Gasteiger partial charge on any atom is 0.497 e. The lowest BCUT2D eigenvalue weighted by Gasteiger charge is -2.10. The molecule has 0 heterocycles. The summed E-state index contributed by atoms with van der Waals surface area (Å²) in [6, 6.07) is 0. The Morgan fingerprint density at radius 3 is 1.45 bits per heavy atom. The third-order valence-corrected chi connectivity index (χ3v) is 2.66. The molecule has 11 heavy (non-hydrogen) atoms. The van der Waals surface area contributed by atoms with Crippen LogP contribution in [-0.2, 0) is 22.7 Å². The van der Waals surface area contributed by atoms with E-state index in [-0.39, 0.29) is 0 Å². The molecule has 0 saturated carbocycles. The van der Waals surface area contributed by atoms with Crippen LogP contribution < -0.4 is 11.8 Å². The molecule has 11 heteroatoms. The molecule has 68 valence electrons. The summed E-state index contributed by atoms with van der Waals surface area (Å²) in [6.45, 7) is 0. The van der Waals surface area contributed by atoms with Crippen LogP contribution in [-0.4, -0.2) is 9.79 Å². The van der Waals surface area contributed by atoms with Crippen molar-refractivity contribution in [1.82, 2.24) is 0 Å². The standard InChI is InChI=1S/H6N2O7P2/c1-7-10(3,4)9-11(5,6)8-2/h1-2H2,(H,3,4)(H,5,6). The van der Waals surface area contributed by atoms with Crippen molar-refractivity contribution < 1.29 is 32.5 Å². The average Bonchev–Trinajstić information content (AvgIpc) is 1.86. The summed E-state index contributed by atoms with van der Waals surface area (Å²) in [5.74, 6) is 8.40. The molecular weight excluding hydrogens is 202 g/mol. The zero-order valence-corrected chi connectivity index (χ0v) is 6.77. The van der Waals surface area contributed by atoms with Gasteiger partial charge in [0.2, 0.25) is 0 Å². The van der Waals surface area contributed by atoms with Gasteiger partial charge in [-0.05, 0) is 0 Å². The van der Waals surface area contributed by atoms with Crippen molar-refractivity contribution in [2.45, 2.75) is 0 Å². The SMILES string of the molecule is NOP(=O)(O)OP(=O)(O)ON. The molecule has 9 nitrogen and oxygen atoms in total.